The average molecular weight is 436 g/mol. The molecule has 24 heavy (non-hydrogen) atoms. The van der Waals surface area contributed by atoms with Gasteiger partial charge in [-0.25, -0.2) is 18.4 Å². The summed E-state index contributed by atoms with van der Waals surface area (Å²) in [6, 6.07) is 0. The van der Waals surface area contributed by atoms with E-state index in [1.54, 1.807) is 29.1 Å². The molecule has 2 aromatic heterocycles. The fourth-order valence-corrected chi connectivity index (χ4v) is 3.51. The van der Waals surface area contributed by atoms with Crippen molar-refractivity contribution in [2.75, 3.05) is 6.26 Å². The Labute approximate surface area is 152 Å². The molecule has 0 spiro atoms. The molecule has 0 saturated heterocycles. The van der Waals surface area contributed by atoms with Gasteiger partial charge in [0.2, 0.25) is 0 Å². The molecule has 130 valence electrons. The fourth-order valence-electron chi connectivity index (χ4n) is 2.05. The van der Waals surface area contributed by atoms with Crippen LogP contribution < -0.4 is 0 Å². The summed E-state index contributed by atoms with van der Waals surface area (Å²) in [6.45, 7) is 4.00. The first kappa shape index (κ1) is 18.9. The molecule has 1 atom stereocenters. The van der Waals surface area contributed by atoms with Crippen LogP contribution in [0.4, 0.5) is 3.89 Å². The van der Waals surface area contributed by atoms with E-state index in [-0.39, 0.29) is 28.9 Å². The molecule has 0 bridgehead atoms. The van der Waals surface area contributed by atoms with Crippen LogP contribution in [0, 0.1) is 0 Å². The molecule has 0 N–H and O–H groups in total. The Morgan fingerprint density at radius 3 is 2.62 bits per heavy atom. The lowest BCUT2D eigenvalue weighted by Crippen LogP contribution is -2.11. The average Bonchev–Trinajstić information content (AvgIpc) is 2.98. The molecule has 0 saturated carbocycles. The number of rotatable bonds is 3. The lowest BCUT2D eigenvalue weighted by Gasteiger charge is -2.15. The van der Waals surface area contributed by atoms with Crippen molar-refractivity contribution >= 4 is 50.0 Å². The zero-order valence-electron chi connectivity index (χ0n) is 13.1. The van der Waals surface area contributed by atoms with Crippen LogP contribution in [-0.4, -0.2) is 39.7 Å². The predicted molar refractivity (Wildman–Crippen MR) is 96.1 cm³/mol. The van der Waals surface area contributed by atoms with E-state index in [9.17, 15) is 12.3 Å². The van der Waals surface area contributed by atoms with Gasteiger partial charge in [-0.1, -0.05) is 19.9 Å². The van der Waals surface area contributed by atoms with Crippen molar-refractivity contribution in [3.8, 4) is 0 Å². The van der Waals surface area contributed by atoms with Gasteiger partial charge < -0.3 is 0 Å². The molecule has 3 rings (SSSR count). The number of hydrogen-bond donors (Lipinski definition) is 0. The van der Waals surface area contributed by atoms with Gasteiger partial charge in [-0.2, -0.15) is 9.52 Å². The third kappa shape index (κ3) is 3.78. The zero-order chi connectivity index (χ0) is 17.9. The minimum absolute atomic E-state index is 0.0137. The van der Waals surface area contributed by atoms with Crippen molar-refractivity contribution in [2.45, 2.75) is 24.8 Å². The van der Waals surface area contributed by atoms with E-state index in [2.05, 4.69) is 31.0 Å². The summed E-state index contributed by atoms with van der Waals surface area (Å²) in [5.74, 6) is -0.250. The topological polar surface area (TPSA) is 79.9 Å². The van der Waals surface area contributed by atoms with E-state index in [1.165, 1.54) is 6.20 Å². The highest BCUT2D eigenvalue weighted by Crippen LogP contribution is 2.26. The van der Waals surface area contributed by atoms with Crippen LogP contribution in [0.5, 0.6) is 0 Å². The summed E-state index contributed by atoms with van der Waals surface area (Å²) in [4.78, 5) is 8.14. The molecule has 0 radical (unpaired) electrons. The molecule has 1 aliphatic heterocycles. The molecule has 3 heterocycles. The molecule has 1 aliphatic rings. The zero-order valence-corrected chi connectivity index (χ0v) is 16.3. The van der Waals surface area contributed by atoms with Crippen molar-refractivity contribution < 1.29 is 12.3 Å². The van der Waals surface area contributed by atoms with Gasteiger partial charge in [0.25, 0.3) is 0 Å². The highest BCUT2D eigenvalue weighted by Gasteiger charge is 2.22. The van der Waals surface area contributed by atoms with Gasteiger partial charge in [-0.05, 0) is 15.9 Å². The van der Waals surface area contributed by atoms with Crippen LogP contribution in [0.1, 0.15) is 25.5 Å². The van der Waals surface area contributed by atoms with Crippen LogP contribution in [0.25, 0.3) is 5.65 Å². The Balaban J connectivity index is 0.00000100. The Hall–Kier alpha value is -1.46. The third-order valence-electron chi connectivity index (χ3n) is 2.99. The highest BCUT2D eigenvalue weighted by atomic mass is 79.9. The van der Waals surface area contributed by atoms with Crippen molar-refractivity contribution in [1.82, 2.24) is 18.8 Å². The van der Waals surface area contributed by atoms with E-state index in [1.807, 2.05) is 13.8 Å². The molecule has 11 heteroatoms. The second kappa shape index (κ2) is 7.62. The van der Waals surface area contributed by atoms with Gasteiger partial charge in [0.15, 0.2) is 32.8 Å². The summed E-state index contributed by atoms with van der Waals surface area (Å²) in [5.41, 5.74) is 0.941. The monoisotopic (exact) mass is 435 g/mol. The normalized spacial score (nSPS) is 17.0. The van der Waals surface area contributed by atoms with Crippen LogP contribution in [-0.2, 0) is 9.84 Å². The lowest BCUT2D eigenvalue weighted by atomic mass is 10.1. The summed E-state index contributed by atoms with van der Waals surface area (Å²) in [7, 11) is -3.52. The molecule has 0 amide bonds. The van der Waals surface area contributed by atoms with Gasteiger partial charge in [0.05, 0.1) is 17.8 Å². The van der Waals surface area contributed by atoms with Gasteiger partial charge in [-0.15, -0.1) is 3.89 Å². The Bertz CT molecular complexity index is 883. The smallest absolute Gasteiger partial charge is 0.199 e. The van der Waals surface area contributed by atoms with Gasteiger partial charge in [-0.3, -0.25) is 4.40 Å². The van der Waals surface area contributed by atoms with Crippen molar-refractivity contribution in [1.29, 1.82) is 0 Å². The maximum Gasteiger partial charge on any atom is 0.199 e. The van der Waals surface area contributed by atoms with Crippen LogP contribution in [0.2, 0.25) is 0 Å². The SMILES string of the molecule is CC.CS(=O)(=O)c1nc(Br)cn2c(C3C=CN(SF)N=C3)cnc12. The number of aromatic nitrogens is 3. The standard InChI is InChI=1S/C11H9BrFN5O2S2.C2H6/c1-22(19,20)11-10-14-5-8(17(10)6-9(12)16-11)7-2-3-18(21-13)15-4-7;1-2/h2-7H,1H3;1-2H3. The number of halogens is 2. The molecule has 1 unspecified atom stereocenters. The second-order valence-corrected chi connectivity index (χ2v) is 7.78. The second-order valence-electron chi connectivity index (χ2n) is 4.52. The van der Waals surface area contributed by atoms with E-state index >= 15 is 0 Å². The first-order valence-corrected chi connectivity index (χ1v) is 10.3. The molecule has 0 aromatic carbocycles. The molecular formula is C13H15BrFN5O2S2. The fraction of sp³-hybridized carbons (Fsp3) is 0.308. The molecule has 0 fully saturated rings. The number of nitrogens with zero attached hydrogens (tertiary/aromatic N) is 5. The number of hydrazone groups is 1. The van der Waals surface area contributed by atoms with E-state index in [0.29, 0.717) is 10.3 Å². The Kier molecular flexibility index (Phi) is 5.99. The molecule has 0 aliphatic carbocycles. The Morgan fingerprint density at radius 2 is 2.08 bits per heavy atom. The minimum Gasteiger partial charge on any atom is -0.298 e. The summed E-state index contributed by atoms with van der Waals surface area (Å²) in [6.07, 6.45) is 9.03. The summed E-state index contributed by atoms with van der Waals surface area (Å²) >= 11 is 3.19. The van der Waals surface area contributed by atoms with E-state index in [4.69, 9.17) is 0 Å². The van der Waals surface area contributed by atoms with E-state index < -0.39 is 9.84 Å². The summed E-state index contributed by atoms with van der Waals surface area (Å²) in [5, 5.41) is 3.80. The molecule has 2 aromatic rings. The maximum absolute atomic E-state index is 12.4. The van der Waals surface area contributed by atoms with Gasteiger partial charge >= 0.3 is 0 Å². The number of sulfone groups is 1. The van der Waals surface area contributed by atoms with E-state index in [0.717, 1.165) is 10.7 Å². The van der Waals surface area contributed by atoms with Crippen molar-refractivity contribution in [2.24, 2.45) is 5.10 Å². The number of hydrogen-bond acceptors (Lipinski definition) is 7. The van der Waals surface area contributed by atoms with Gasteiger partial charge in [0, 0.05) is 24.9 Å². The molecular weight excluding hydrogens is 421 g/mol. The highest BCUT2D eigenvalue weighted by molar-refractivity contribution is 9.10. The van der Waals surface area contributed by atoms with Crippen LogP contribution in [0.15, 0.2) is 39.4 Å². The summed E-state index contributed by atoms with van der Waals surface area (Å²) < 4.78 is 39.2. The number of fused-ring (bicyclic) bond motifs is 1. The van der Waals surface area contributed by atoms with Crippen molar-refractivity contribution in [3.63, 3.8) is 0 Å². The minimum atomic E-state index is -3.52. The largest absolute Gasteiger partial charge is 0.298 e. The third-order valence-corrected chi connectivity index (χ3v) is 4.70. The van der Waals surface area contributed by atoms with Gasteiger partial charge in [0.1, 0.15) is 4.60 Å². The number of allylic oxidation sites excluding steroid dienone is 1. The number of imidazole rings is 1. The predicted octanol–water partition coefficient (Wildman–Crippen LogP) is 3.35. The first-order chi connectivity index (χ1) is 11.4. The van der Waals surface area contributed by atoms with Crippen molar-refractivity contribution in [3.05, 3.63) is 35.0 Å². The first-order valence-electron chi connectivity index (χ1n) is 6.94. The van der Waals surface area contributed by atoms with Crippen LogP contribution >= 0.6 is 28.3 Å². The van der Waals surface area contributed by atoms with Crippen LogP contribution in [0.3, 0.4) is 0 Å². The molecule has 7 nitrogen and oxygen atoms in total. The quantitative estimate of drug-likeness (QED) is 0.687. The maximum atomic E-state index is 12.4. The lowest BCUT2D eigenvalue weighted by molar-refractivity contribution is 0.598. The Morgan fingerprint density at radius 1 is 1.38 bits per heavy atom.